The molecule has 0 amide bonds. The monoisotopic (exact) mass is 241 g/mol. The van der Waals surface area contributed by atoms with Crippen LogP contribution in [0.25, 0.3) is 0 Å². The zero-order chi connectivity index (χ0) is 12.7. The van der Waals surface area contributed by atoms with Crippen molar-refractivity contribution in [2.75, 3.05) is 19.8 Å². The van der Waals surface area contributed by atoms with E-state index in [0.717, 1.165) is 12.0 Å². The minimum atomic E-state index is -0.185. The molecule has 1 unspecified atom stereocenters. The summed E-state index contributed by atoms with van der Waals surface area (Å²) >= 11 is 0. The summed E-state index contributed by atoms with van der Waals surface area (Å²) in [7, 11) is 0. The second-order valence-electron chi connectivity index (χ2n) is 4.18. The third-order valence-electron chi connectivity index (χ3n) is 2.77. The zero-order valence-corrected chi connectivity index (χ0v) is 10.1. The first-order valence-corrected chi connectivity index (χ1v) is 5.87. The molecule has 3 N–H and O–H groups in total. The Kier molecular flexibility index (Phi) is 6.11. The van der Waals surface area contributed by atoms with Crippen LogP contribution in [0.3, 0.4) is 0 Å². The van der Waals surface area contributed by atoms with Gasteiger partial charge < -0.3 is 15.5 Å². The summed E-state index contributed by atoms with van der Waals surface area (Å²) in [4.78, 5) is 0. The summed E-state index contributed by atoms with van der Waals surface area (Å²) in [6.07, 6.45) is 1.32. The Morgan fingerprint density at radius 3 is 2.71 bits per heavy atom. The zero-order valence-electron chi connectivity index (χ0n) is 10.1. The van der Waals surface area contributed by atoms with Crippen LogP contribution in [0.1, 0.15) is 17.5 Å². The van der Waals surface area contributed by atoms with Gasteiger partial charge in [0.1, 0.15) is 5.82 Å². The lowest BCUT2D eigenvalue weighted by Gasteiger charge is -2.14. The van der Waals surface area contributed by atoms with E-state index >= 15 is 0 Å². The fourth-order valence-corrected chi connectivity index (χ4v) is 1.70. The standard InChI is InChI=1S/C13H20FNO2/c1-10-8-11(2-3-13(10)14)4-6-15-12(9-17)5-7-16/h2-3,8,12,15-17H,4-7,9H2,1H3. The first-order valence-electron chi connectivity index (χ1n) is 5.87. The Hall–Kier alpha value is -0.970. The van der Waals surface area contributed by atoms with Crippen molar-refractivity contribution in [2.24, 2.45) is 0 Å². The fourth-order valence-electron chi connectivity index (χ4n) is 1.70. The quantitative estimate of drug-likeness (QED) is 0.668. The molecule has 0 saturated carbocycles. The molecule has 0 bridgehead atoms. The minimum absolute atomic E-state index is 0.0169. The number of rotatable bonds is 7. The van der Waals surface area contributed by atoms with Crippen molar-refractivity contribution in [3.63, 3.8) is 0 Å². The lowest BCUT2D eigenvalue weighted by Crippen LogP contribution is -2.34. The maximum Gasteiger partial charge on any atom is 0.126 e. The molecule has 0 saturated heterocycles. The van der Waals surface area contributed by atoms with Gasteiger partial charge in [-0.05, 0) is 43.5 Å². The molecule has 1 aromatic carbocycles. The molecule has 1 aromatic rings. The van der Waals surface area contributed by atoms with Crippen LogP contribution in [0.2, 0.25) is 0 Å². The minimum Gasteiger partial charge on any atom is -0.396 e. The van der Waals surface area contributed by atoms with Gasteiger partial charge in [0.15, 0.2) is 0 Å². The van der Waals surface area contributed by atoms with Crippen molar-refractivity contribution >= 4 is 0 Å². The van der Waals surface area contributed by atoms with Crippen LogP contribution in [0.15, 0.2) is 18.2 Å². The van der Waals surface area contributed by atoms with E-state index in [9.17, 15) is 4.39 Å². The Bertz CT molecular complexity index is 344. The SMILES string of the molecule is Cc1cc(CCNC(CO)CCO)ccc1F. The molecule has 0 aliphatic rings. The average Bonchev–Trinajstić information content (AvgIpc) is 2.32. The number of hydrogen-bond donors (Lipinski definition) is 3. The Labute approximate surface area is 101 Å². The summed E-state index contributed by atoms with van der Waals surface area (Å²) in [6.45, 7) is 2.53. The smallest absolute Gasteiger partial charge is 0.126 e. The molecule has 0 spiro atoms. The molecule has 0 aliphatic heterocycles. The second kappa shape index (κ2) is 7.37. The van der Waals surface area contributed by atoms with E-state index in [4.69, 9.17) is 10.2 Å². The number of halogens is 1. The van der Waals surface area contributed by atoms with Gasteiger partial charge in [-0.15, -0.1) is 0 Å². The number of benzene rings is 1. The van der Waals surface area contributed by atoms with Crippen LogP contribution in [0.4, 0.5) is 4.39 Å². The summed E-state index contributed by atoms with van der Waals surface area (Å²) in [5.41, 5.74) is 1.72. The van der Waals surface area contributed by atoms with Crippen molar-refractivity contribution in [2.45, 2.75) is 25.8 Å². The molecule has 1 rings (SSSR count). The highest BCUT2D eigenvalue weighted by molar-refractivity contribution is 5.24. The number of hydrogen-bond acceptors (Lipinski definition) is 3. The van der Waals surface area contributed by atoms with Crippen LogP contribution in [0.5, 0.6) is 0 Å². The van der Waals surface area contributed by atoms with Gasteiger partial charge in [-0.3, -0.25) is 0 Å². The van der Waals surface area contributed by atoms with Crippen molar-refractivity contribution in [3.8, 4) is 0 Å². The van der Waals surface area contributed by atoms with Gasteiger partial charge >= 0.3 is 0 Å². The van der Waals surface area contributed by atoms with E-state index in [2.05, 4.69) is 5.32 Å². The van der Waals surface area contributed by atoms with Gasteiger partial charge in [0, 0.05) is 12.6 Å². The lowest BCUT2D eigenvalue weighted by atomic mass is 10.1. The predicted octanol–water partition coefficient (Wildman–Crippen LogP) is 1.01. The average molecular weight is 241 g/mol. The summed E-state index contributed by atoms with van der Waals surface area (Å²) in [5.74, 6) is -0.185. The first kappa shape index (κ1) is 14.1. The maximum atomic E-state index is 13.0. The second-order valence-corrected chi connectivity index (χ2v) is 4.18. The maximum absolute atomic E-state index is 13.0. The molecule has 4 heteroatoms. The molecule has 0 heterocycles. The van der Waals surface area contributed by atoms with Crippen molar-refractivity contribution in [1.29, 1.82) is 0 Å². The van der Waals surface area contributed by atoms with Crippen molar-refractivity contribution in [3.05, 3.63) is 35.1 Å². The van der Waals surface area contributed by atoms with Gasteiger partial charge in [0.25, 0.3) is 0 Å². The van der Waals surface area contributed by atoms with E-state index in [1.165, 1.54) is 6.07 Å². The predicted molar refractivity (Wildman–Crippen MR) is 65.4 cm³/mol. The molecule has 0 aromatic heterocycles. The van der Waals surface area contributed by atoms with Crippen molar-refractivity contribution in [1.82, 2.24) is 5.32 Å². The van der Waals surface area contributed by atoms with Gasteiger partial charge in [-0.2, -0.15) is 0 Å². The number of aliphatic hydroxyl groups is 2. The van der Waals surface area contributed by atoms with Crippen LogP contribution in [-0.4, -0.2) is 36.0 Å². The van der Waals surface area contributed by atoms with E-state index in [-0.39, 0.29) is 25.1 Å². The highest BCUT2D eigenvalue weighted by Crippen LogP contribution is 2.09. The number of aliphatic hydroxyl groups excluding tert-OH is 2. The Morgan fingerprint density at radius 1 is 1.35 bits per heavy atom. The van der Waals surface area contributed by atoms with Crippen LogP contribution in [0, 0.1) is 12.7 Å². The topological polar surface area (TPSA) is 52.5 Å². The van der Waals surface area contributed by atoms with E-state index in [0.29, 0.717) is 18.5 Å². The van der Waals surface area contributed by atoms with E-state index in [1.807, 2.05) is 6.07 Å². The largest absolute Gasteiger partial charge is 0.396 e. The summed E-state index contributed by atoms with van der Waals surface area (Å²) in [6, 6.07) is 5.00. The summed E-state index contributed by atoms with van der Waals surface area (Å²) in [5, 5.41) is 20.9. The highest BCUT2D eigenvalue weighted by atomic mass is 19.1. The van der Waals surface area contributed by atoms with Crippen LogP contribution in [-0.2, 0) is 6.42 Å². The molecule has 0 fully saturated rings. The third-order valence-corrected chi connectivity index (χ3v) is 2.77. The van der Waals surface area contributed by atoms with Gasteiger partial charge in [0.05, 0.1) is 6.61 Å². The summed E-state index contributed by atoms with van der Waals surface area (Å²) < 4.78 is 13.0. The molecule has 3 nitrogen and oxygen atoms in total. The Morgan fingerprint density at radius 2 is 2.12 bits per heavy atom. The molecular formula is C13H20FNO2. The van der Waals surface area contributed by atoms with Gasteiger partial charge in [-0.25, -0.2) is 4.39 Å². The molecule has 0 radical (unpaired) electrons. The van der Waals surface area contributed by atoms with Crippen LogP contribution >= 0.6 is 0 Å². The van der Waals surface area contributed by atoms with Crippen molar-refractivity contribution < 1.29 is 14.6 Å². The van der Waals surface area contributed by atoms with E-state index < -0.39 is 0 Å². The fraction of sp³-hybridized carbons (Fsp3) is 0.538. The highest BCUT2D eigenvalue weighted by Gasteiger charge is 2.05. The number of aryl methyl sites for hydroxylation is 1. The Balaban J connectivity index is 2.37. The third kappa shape index (κ3) is 4.81. The molecule has 96 valence electrons. The lowest BCUT2D eigenvalue weighted by molar-refractivity contribution is 0.201. The van der Waals surface area contributed by atoms with Crippen LogP contribution < -0.4 is 5.32 Å². The molecule has 1 atom stereocenters. The van der Waals surface area contributed by atoms with E-state index in [1.54, 1.807) is 13.0 Å². The van der Waals surface area contributed by atoms with Gasteiger partial charge in [-0.1, -0.05) is 12.1 Å². The molecular weight excluding hydrogens is 221 g/mol. The number of nitrogens with one attached hydrogen (secondary N) is 1. The normalized spacial score (nSPS) is 12.7. The first-order chi connectivity index (χ1) is 8.17. The molecule has 17 heavy (non-hydrogen) atoms. The molecule has 0 aliphatic carbocycles. The van der Waals surface area contributed by atoms with Gasteiger partial charge in [0.2, 0.25) is 0 Å².